The van der Waals surface area contributed by atoms with E-state index in [1.54, 1.807) is 23.1 Å². The molecule has 0 spiro atoms. The van der Waals surface area contributed by atoms with E-state index in [0.29, 0.717) is 35.2 Å². The Kier molecular flexibility index (Phi) is 6.13. The molecule has 0 bridgehead atoms. The molecule has 0 saturated carbocycles. The zero-order valence-electron chi connectivity index (χ0n) is 17.2. The Labute approximate surface area is 183 Å². The molecule has 0 unspecified atom stereocenters. The molecular formula is C22H22N4O4S. The summed E-state index contributed by atoms with van der Waals surface area (Å²) in [5.41, 5.74) is 1.35. The van der Waals surface area contributed by atoms with Crippen molar-refractivity contribution in [2.45, 2.75) is 18.9 Å². The van der Waals surface area contributed by atoms with Crippen LogP contribution in [0.2, 0.25) is 0 Å². The van der Waals surface area contributed by atoms with Gasteiger partial charge in [0.1, 0.15) is 22.5 Å². The minimum Gasteiger partial charge on any atom is -0.497 e. The molecule has 4 rings (SSSR count). The van der Waals surface area contributed by atoms with Gasteiger partial charge in [0.2, 0.25) is 11.0 Å². The molecule has 2 aromatic carbocycles. The fourth-order valence-corrected chi connectivity index (χ4v) is 4.29. The molecule has 1 fully saturated rings. The van der Waals surface area contributed by atoms with Crippen molar-refractivity contribution in [1.82, 2.24) is 15.1 Å². The molecule has 31 heavy (non-hydrogen) atoms. The van der Waals surface area contributed by atoms with Gasteiger partial charge in [0.15, 0.2) is 0 Å². The van der Waals surface area contributed by atoms with Crippen LogP contribution in [0.1, 0.15) is 23.2 Å². The van der Waals surface area contributed by atoms with Crippen LogP contribution in [-0.4, -0.2) is 53.7 Å². The van der Waals surface area contributed by atoms with Crippen molar-refractivity contribution < 1.29 is 19.1 Å². The van der Waals surface area contributed by atoms with Crippen molar-refractivity contribution in [1.29, 1.82) is 0 Å². The molecule has 2 amide bonds. The Morgan fingerprint density at radius 2 is 1.77 bits per heavy atom. The van der Waals surface area contributed by atoms with Gasteiger partial charge in [0.25, 0.3) is 5.91 Å². The van der Waals surface area contributed by atoms with Crippen molar-refractivity contribution in [2.24, 2.45) is 0 Å². The largest absolute Gasteiger partial charge is 0.497 e. The van der Waals surface area contributed by atoms with E-state index in [2.05, 4.69) is 15.5 Å². The molecule has 1 N–H and O–H groups in total. The smallest absolute Gasteiger partial charge is 0.254 e. The van der Waals surface area contributed by atoms with Crippen LogP contribution < -0.4 is 14.8 Å². The van der Waals surface area contributed by atoms with Crippen LogP contribution in [0, 0.1) is 0 Å². The molecule has 9 heteroatoms. The summed E-state index contributed by atoms with van der Waals surface area (Å²) in [6.07, 6.45) is 1.33. The first-order chi connectivity index (χ1) is 15.1. The van der Waals surface area contributed by atoms with Gasteiger partial charge in [-0.15, -0.1) is 10.2 Å². The minimum atomic E-state index is -0.575. The predicted molar refractivity (Wildman–Crippen MR) is 118 cm³/mol. The molecular weight excluding hydrogens is 416 g/mol. The third-order valence-corrected chi connectivity index (χ3v) is 5.98. The number of hydrogen-bond donors (Lipinski definition) is 1. The molecule has 160 valence electrons. The van der Waals surface area contributed by atoms with Gasteiger partial charge in [-0.05, 0) is 25.0 Å². The van der Waals surface area contributed by atoms with E-state index in [-0.39, 0.29) is 11.8 Å². The van der Waals surface area contributed by atoms with Gasteiger partial charge in [0.05, 0.1) is 14.2 Å². The summed E-state index contributed by atoms with van der Waals surface area (Å²) in [6, 6.07) is 14.1. The van der Waals surface area contributed by atoms with Gasteiger partial charge in [-0.3, -0.25) is 14.9 Å². The first-order valence-corrected chi connectivity index (χ1v) is 10.6. The number of hydrogen-bond acceptors (Lipinski definition) is 7. The number of rotatable bonds is 6. The molecule has 1 atom stereocenters. The number of anilines is 1. The minimum absolute atomic E-state index is 0.239. The number of aromatic nitrogens is 2. The lowest BCUT2D eigenvalue weighted by atomic mass is 10.1. The highest BCUT2D eigenvalue weighted by Crippen LogP contribution is 2.29. The van der Waals surface area contributed by atoms with Crippen molar-refractivity contribution in [3.8, 4) is 22.1 Å². The number of carbonyl (C=O) groups excluding carboxylic acids is 2. The Bertz CT molecular complexity index is 1060. The average molecular weight is 439 g/mol. The molecule has 1 saturated heterocycles. The topological polar surface area (TPSA) is 93.7 Å². The maximum Gasteiger partial charge on any atom is 0.254 e. The van der Waals surface area contributed by atoms with Crippen molar-refractivity contribution in [3.63, 3.8) is 0 Å². The average Bonchev–Trinajstić information content (AvgIpc) is 3.48. The first-order valence-electron chi connectivity index (χ1n) is 9.83. The lowest BCUT2D eigenvalue weighted by Gasteiger charge is -2.24. The second-order valence-electron chi connectivity index (χ2n) is 7.03. The van der Waals surface area contributed by atoms with Gasteiger partial charge in [0, 0.05) is 23.7 Å². The SMILES string of the molecule is COc1cc(OC)cc(C(=O)N2CCC[C@@H]2C(=O)Nc2nnc(-c3ccccc3)s2)c1. The monoisotopic (exact) mass is 438 g/mol. The Balaban J connectivity index is 1.49. The van der Waals surface area contributed by atoms with E-state index < -0.39 is 6.04 Å². The lowest BCUT2D eigenvalue weighted by molar-refractivity contribution is -0.119. The van der Waals surface area contributed by atoms with E-state index in [1.165, 1.54) is 25.6 Å². The maximum atomic E-state index is 13.1. The van der Waals surface area contributed by atoms with Crippen LogP contribution in [0.4, 0.5) is 5.13 Å². The number of benzene rings is 2. The normalized spacial score (nSPS) is 15.5. The highest BCUT2D eigenvalue weighted by Gasteiger charge is 2.35. The zero-order chi connectivity index (χ0) is 21.8. The summed E-state index contributed by atoms with van der Waals surface area (Å²) < 4.78 is 10.5. The van der Waals surface area contributed by atoms with Gasteiger partial charge in [-0.2, -0.15) is 0 Å². The predicted octanol–water partition coefficient (Wildman–Crippen LogP) is 3.47. The number of likely N-dealkylation sites (tertiary alicyclic amines) is 1. The summed E-state index contributed by atoms with van der Waals surface area (Å²) in [4.78, 5) is 27.7. The van der Waals surface area contributed by atoms with Crippen LogP contribution in [-0.2, 0) is 4.79 Å². The maximum absolute atomic E-state index is 13.1. The van der Waals surface area contributed by atoms with Crippen molar-refractivity contribution >= 4 is 28.3 Å². The van der Waals surface area contributed by atoms with Gasteiger partial charge in [-0.1, -0.05) is 41.7 Å². The standard InChI is InChI=1S/C22H22N4O4S/c1-29-16-11-15(12-17(13-16)30-2)21(28)26-10-6-9-18(26)19(27)23-22-25-24-20(31-22)14-7-4-3-5-8-14/h3-5,7-8,11-13,18H,6,9-10H2,1-2H3,(H,23,25,27)/t18-/m1/s1. The molecule has 1 aromatic heterocycles. The Morgan fingerprint density at radius 3 is 2.45 bits per heavy atom. The molecule has 0 aliphatic carbocycles. The number of ether oxygens (including phenoxy) is 2. The number of methoxy groups -OCH3 is 2. The third-order valence-electron chi connectivity index (χ3n) is 5.09. The molecule has 2 heterocycles. The summed E-state index contributed by atoms with van der Waals surface area (Å²) in [7, 11) is 3.06. The van der Waals surface area contributed by atoms with Crippen LogP contribution in [0.3, 0.4) is 0 Å². The van der Waals surface area contributed by atoms with Crippen LogP contribution in [0.15, 0.2) is 48.5 Å². The third kappa shape index (κ3) is 4.51. The van der Waals surface area contributed by atoms with E-state index in [1.807, 2.05) is 30.3 Å². The second kappa shape index (κ2) is 9.13. The highest BCUT2D eigenvalue weighted by molar-refractivity contribution is 7.18. The quantitative estimate of drug-likeness (QED) is 0.633. The molecule has 1 aliphatic rings. The Hall–Kier alpha value is -3.46. The number of carbonyl (C=O) groups is 2. The molecule has 8 nitrogen and oxygen atoms in total. The van der Waals surface area contributed by atoms with Gasteiger partial charge in [-0.25, -0.2) is 0 Å². The fourth-order valence-electron chi connectivity index (χ4n) is 3.54. The molecule has 0 radical (unpaired) electrons. The summed E-state index contributed by atoms with van der Waals surface area (Å²) in [6.45, 7) is 0.502. The van der Waals surface area contributed by atoms with Crippen LogP contribution in [0.5, 0.6) is 11.5 Å². The Morgan fingerprint density at radius 1 is 1.06 bits per heavy atom. The lowest BCUT2D eigenvalue weighted by Crippen LogP contribution is -2.43. The van der Waals surface area contributed by atoms with E-state index >= 15 is 0 Å². The van der Waals surface area contributed by atoms with E-state index in [0.717, 1.165) is 17.0 Å². The van der Waals surface area contributed by atoms with E-state index in [9.17, 15) is 9.59 Å². The molecule has 3 aromatic rings. The first kappa shape index (κ1) is 20.8. The highest BCUT2D eigenvalue weighted by atomic mass is 32.1. The van der Waals surface area contributed by atoms with Crippen LogP contribution >= 0.6 is 11.3 Å². The van der Waals surface area contributed by atoms with E-state index in [4.69, 9.17) is 9.47 Å². The zero-order valence-corrected chi connectivity index (χ0v) is 18.0. The van der Waals surface area contributed by atoms with Crippen molar-refractivity contribution in [2.75, 3.05) is 26.1 Å². The summed E-state index contributed by atoms with van der Waals surface area (Å²) >= 11 is 1.30. The van der Waals surface area contributed by atoms with Crippen LogP contribution in [0.25, 0.3) is 10.6 Å². The molecule has 1 aliphatic heterocycles. The second-order valence-corrected chi connectivity index (χ2v) is 8.00. The number of nitrogens with zero attached hydrogens (tertiary/aromatic N) is 3. The fraction of sp³-hybridized carbons (Fsp3) is 0.273. The van der Waals surface area contributed by atoms with Gasteiger partial charge < -0.3 is 14.4 Å². The van der Waals surface area contributed by atoms with Gasteiger partial charge >= 0.3 is 0 Å². The summed E-state index contributed by atoms with van der Waals surface area (Å²) in [5, 5.41) is 12.2. The number of nitrogens with one attached hydrogen (secondary N) is 1. The summed E-state index contributed by atoms with van der Waals surface area (Å²) in [5.74, 6) is 0.531. The van der Waals surface area contributed by atoms with Crippen molar-refractivity contribution in [3.05, 3.63) is 54.1 Å². The number of amides is 2.